The number of hydrogen-bond acceptors (Lipinski definition) is 4. The van der Waals surface area contributed by atoms with Gasteiger partial charge in [0.15, 0.2) is 0 Å². The van der Waals surface area contributed by atoms with Crippen molar-refractivity contribution >= 4 is 17.7 Å². The average Bonchev–Trinajstić information content (AvgIpc) is 3.14. The molecule has 1 atom stereocenters. The lowest BCUT2D eigenvalue weighted by atomic mass is 9.86. The molecule has 3 aliphatic rings. The largest absolute Gasteiger partial charge is 0.416 e. The predicted molar refractivity (Wildman–Crippen MR) is 121 cm³/mol. The zero-order valence-corrected chi connectivity index (χ0v) is 19.1. The molecule has 0 bridgehead atoms. The smallest absolute Gasteiger partial charge is 0.322 e. The molecule has 0 aliphatic carbocycles. The van der Waals surface area contributed by atoms with Gasteiger partial charge in [-0.3, -0.25) is 24.6 Å². The molecule has 0 spiro atoms. The van der Waals surface area contributed by atoms with Gasteiger partial charge in [-0.1, -0.05) is 30.3 Å². The SMILES string of the molecule is O=C1CCC(N2Cc3cc(CN4CCC(c5ccccc5C(F)(F)F)CC4)ccc3C2=O)C(=O)N1. The second-order valence-electron chi connectivity index (χ2n) is 9.53. The van der Waals surface area contributed by atoms with E-state index in [0.29, 0.717) is 56.6 Å². The van der Waals surface area contributed by atoms with E-state index in [0.717, 1.165) is 17.2 Å². The predicted octanol–water partition coefficient (Wildman–Crippen LogP) is 3.85. The molecule has 3 amide bonds. The minimum atomic E-state index is -4.35. The Morgan fingerprint density at radius 3 is 2.43 bits per heavy atom. The molecule has 0 aromatic heterocycles. The molecular formula is C26H26F3N3O3. The van der Waals surface area contributed by atoms with Gasteiger partial charge in [0, 0.05) is 25.1 Å². The van der Waals surface area contributed by atoms with Crippen LogP contribution in [0.15, 0.2) is 42.5 Å². The summed E-state index contributed by atoms with van der Waals surface area (Å²) >= 11 is 0. The molecule has 35 heavy (non-hydrogen) atoms. The van der Waals surface area contributed by atoms with Crippen LogP contribution in [0, 0.1) is 0 Å². The monoisotopic (exact) mass is 485 g/mol. The summed E-state index contributed by atoms with van der Waals surface area (Å²) < 4.78 is 40.2. The zero-order valence-electron chi connectivity index (χ0n) is 19.1. The first-order chi connectivity index (χ1) is 16.7. The van der Waals surface area contributed by atoms with Crippen molar-refractivity contribution in [2.75, 3.05) is 13.1 Å². The molecule has 184 valence electrons. The molecule has 2 aromatic carbocycles. The minimum Gasteiger partial charge on any atom is -0.322 e. The van der Waals surface area contributed by atoms with Crippen molar-refractivity contribution in [3.8, 4) is 0 Å². The Bertz CT molecular complexity index is 1170. The molecule has 2 fully saturated rings. The fraction of sp³-hybridized carbons (Fsp3) is 0.423. The highest BCUT2D eigenvalue weighted by Crippen LogP contribution is 2.39. The molecule has 2 aromatic rings. The molecule has 2 saturated heterocycles. The van der Waals surface area contributed by atoms with Crippen molar-refractivity contribution in [2.24, 2.45) is 0 Å². The molecule has 6 nitrogen and oxygen atoms in total. The van der Waals surface area contributed by atoms with E-state index in [1.54, 1.807) is 18.2 Å². The summed E-state index contributed by atoms with van der Waals surface area (Å²) in [6.45, 7) is 2.35. The number of carbonyl (C=O) groups excluding carboxylic acids is 3. The van der Waals surface area contributed by atoms with Crippen LogP contribution in [0.2, 0.25) is 0 Å². The first-order valence-corrected chi connectivity index (χ1v) is 11.9. The van der Waals surface area contributed by atoms with Crippen LogP contribution < -0.4 is 5.32 Å². The molecule has 0 radical (unpaired) electrons. The van der Waals surface area contributed by atoms with Crippen LogP contribution in [0.3, 0.4) is 0 Å². The van der Waals surface area contributed by atoms with Crippen molar-refractivity contribution < 1.29 is 27.6 Å². The standard InChI is InChI=1S/C26H26F3N3O3/c27-26(28,29)21-4-2-1-3-19(21)17-9-11-31(12-10-17)14-16-5-6-20-18(13-16)15-32(25(20)35)22-7-8-23(33)30-24(22)34/h1-6,13,17,22H,7-12,14-15H2,(H,30,33,34). The van der Waals surface area contributed by atoms with Crippen molar-refractivity contribution in [2.45, 2.75) is 56.9 Å². The van der Waals surface area contributed by atoms with Gasteiger partial charge in [0.25, 0.3) is 5.91 Å². The van der Waals surface area contributed by atoms with E-state index < -0.39 is 23.7 Å². The summed E-state index contributed by atoms with van der Waals surface area (Å²) in [6, 6.07) is 10.9. The van der Waals surface area contributed by atoms with Gasteiger partial charge in [0.1, 0.15) is 6.04 Å². The van der Waals surface area contributed by atoms with Gasteiger partial charge in [-0.05, 0) is 67.1 Å². The Morgan fingerprint density at radius 2 is 1.71 bits per heavy atom. The van der Waals surface area contributed by atoms with Crippen molar-refractivity contribution in [3.63, 3.8) is 0 Å². The third kappa shape index (κ3) is 4.69. The molecule has 1 unspecified atom stereocenters. The average molecular weight is 486 g/mol. The number of halogens is 3. The van der Waals surface area contributed by atoms with Crippen molar-refractivity contribution in [1.82, 2.24) is 15.1 Å². The van der Waals surface area contributed by atoms with Crippen molar-refractivity contribution in [3.05, 3.63) is 70.3 Å². The first kappa shape index (κ1) is 23.5. The Balaban J connectivity index is 1.22. The van der Waals surface area contributed by atoms with Crippen LogP contribution >= 0.6 is 0 Å². The van der Waals surface area contributed by atoms with Crippen LogP contribution in [0.5, 0.6) is 0 Å². The highest BCUT2D eigenvalue weighted by atomic mass is 19.4. The number of imide groups is 1. The second kappa shape index (κ2) is 9.11. The molecule has 1 N–H and O–H groups in total. The van der Waals surface area contributed by atoms with Gasteiger partial charge in [0.2, 0.25) is 11.8 Å². The van der Waals surface area contributed by atoms with Gasteiger partial charge < -0.3 is 4.90 Å². The van der Waals surface area contributed by atoms with Gasteiger partial charge in [0.05, 0.1) is 5.56 Å². The van der Waals surface area contributed by atoms with Crippen LogP contribution in [0.1, 0.15) is 64.2 Å². The van der Waals surface area contributed by atoms with Gasteiger partial charge in [-0.15, -0.1) is 0 Å². The molecule has 3 heterocycles. The summed E-state index contributed by atoms with van der Waals surface area (Å²) in [4.78, 5) is 40.3. The normalized spacial score (nSPS) is 21.9. The Morgan fingerprint density at radius 1 is 0.971 bits per heavy atom. The summed E-state index contributed by atoms with van der Waals surface area (Å²) in [5.41, 5.74) is 2.29. The summed E-state index contributed by atoms with van der Waals surface area (Å²) in [5.74, 6) is -1.07. The topological polar surface area (TPSA) is 69.7 Å². The van der Waals surface area contributed by atoms with E-state index >= 15 is 0 Å². The van der Waals surface area contributed by atoms with E-state index in [4.69, 9.17) is 0 Å². The minimum absolute atomic E-state index is 0.121. The number of hydrogen-bond donors (Lipinski definition) is 1. The number of likely N-dealkylation sites (tertiary alicyclic amines) is 1. The van der Waals surface area contributed by atoms with E-state index in [2.05, 4.69) is 10.2 Å². The number of amides is 3. The molecule has 0 saturated carbocycles. The Hall–Kier alpha value is -3.20. The number of carbonyl (C=O) groups is 3. The van der Waals surface area contributed by atoms with Gasteiger partial charge in [-0.25, -0.2) is 0 Å². The molecular weight excluding hydrogens is 459 g/mol. The molecule has 5 rings (SSSR count). The lowest BCUT2D eigenvalue weighted by Crippen LogP contribution is -2.52. The van der Waals surface area contributed by atoms with E-state index in [9.17, 15) is 27.6 Å². The number of piperidine rings is 2. The maximum atomic E-state index is 13.4. The maximum absolute atomic E-state index is 13.4. The number of alkyl halides is 3. The van der Waals surface area contributed by atoms with Crippen LogP contribution in [0.4, 0.5) is 13.2 Å². The lowest BCUT2D eigenvalue weighted by molar-refractivity contribution is -0.139. The Kier molecular flexibility index (Phi) is 6.13. The number of nitrogens with one attached hydrogen (secondary N) is 1. The third-order valence-electron chi connectivity index (χ3n) is 7.29. The second-order valence-corrected chi connectivity index (χ2v) is 9.53. The highest BCUT2D eigenvalue weighted by Gasteiger charge is 2.39. The van der Waals surface area contributed by atoms with Gasteiger partial charge in [-0.2, -0.15) is 13.2 Å². The molecule has 9 heteroatoms. The zero-order chi connectivity index (χ0) is 24.7. The summed E-state index contributed by atoms with van der Waals surface area (Å²) in [7, 11) is 0. The first-order valence-electron chi connectivity index (χ1n) is 11.9. The number of benzene rings is 2. The fourth-order valence-corrected chi connectivity index (χ4v) is 5.50. The lowest BCUT2D eigenvalue weighted by Gasteiger charge is -2.33. The quantitative estimate of drug-likeness (QED) is 0.669. The van der Waals surface area contributed by atoms with E-state index in [1.807, 2.05) is 12.1 Å². The van der Waals surface area contributed by atoms with E-state index in [1.165, 1.54) is 11.0 Å². The van der Waals surface area contributed by atoms with Crippen LogP contribution in [0.25, 0.3) is 0 Å². The summed E-state index contributed by atoms with van der Waals surface area (Å²) in [6.07, 6.45) is -2.51. The van der Waals surface area contributed by atoms with E-state index in [-0.39, 0.29) is 24.2 Å². The van der Waals surface area contributed by atoms with Gasteiger partial charge >= 0.3 is 6.18 Å². The van der Waals surface area contributed by atoms with Crippen molar-refractivity contribution in [1.29, 1.82) is 0 Å². The van der Waals surface area contributed by atoms with Crippen LogP contribution in [-0.2, 0) is 28.9 Å². The number of nitrogens with zero attached hydrogens (tertiary/aromatic N) is 2. The molecule has 3 aliphatic heterocycles. The fourth-order valence-electron chi connectivity index (χ4n) is 5.50. The Labute approximate surface area is 201 Å². The van der Waals surface area contributed by atoms with Crippen LogP contribution in [-0.4, -0.2) is 46.7 Å². The maximum Gasteiger partial charge on any atom is 0.416 e. The summed E-state index contributed by atoms with van der Waals surface area (Å²) in [5, 5.41) is 2.31. The highest BCUT2D eigenvalue weighted by molar-refractivity contribution is 6.05. The third-order valence-corrected chi connectivity index (χ3v) is 7.29. The number of rotatable bonds is 4. The number of fused-ring (bicyclic) bond motifs is 1.